The van der Waals surface area contributed by atoms with Crippen LogP contribution in [0, 0.1) is 0 Å². The van der Waals surface area contributed by atoms with Crippen LogP contribution in [0.25, 0.3) is 11.1 Å². The number of aromatic nitrogens is 1. The number of oxazole rings is 1. The molecule has 1 N–H and O–H groups in total. The van der Waals surface area contributed by atoms with Crippen molar-refractivity contribution in [1.29, 1.82) is 0 Å². The van der Waals surface area contributed by atoms with Crippen molar-refractivity contribution in [3.8, 4) is 0 Å². The summed E-state index contributed by atoms with van der Waals surface area (Å²) in [5.74, 6) is 0.351. The normalized spacial score (nSPS) is 15.0. The lowest BCUT2D eigenvalue weighted by atomic mass is 10.3. The standard InChI is InChI=1S/C20H22N4O3S2/c25-18(14-29-20-22-15-4-1-2-5-16(15)27-20)21-7-8-23-9-11-24(12-10-23)19(26)17-6-3-13-28-17/h1-6,13H,7-12,14H2,(H,21,25). The first kappa shape index (κ1) is 19.9. The third-order valence-corrected chi connectivity index (χ3v) is 6.43. The molecule has 2 aromatic heterocycles. The van der Waals surface area contributed by atoms with Gasteiger partial charge in [-0.15, -0.1) is 11.3 Å². The smallest absolute Gasteiger partial charge is 0.264 e. The molecule has 0 radical (unpaired) electrons. The van der Waals surface area contributed by atoms with Gasteiger partial charge in [0.2, 0.25) is 5.91 Å². The minimum atomic E-state index is -0.0382. The van der Waals surface area contributed by atoms with Crippen molar-refractivity contribution in [2.24, 2.45) is 0 Å². The monoisotopic (exact) mass is 430 g/mol. The van der Waals surface area contributed by atoms with Crippen molar-refractivity contribution in [3.05, 3.63) is 46.7 Å². The Morgan fingerprint density at radius 3 is 2.72 bits per heavy atom. The third kappa shape index (κ3) is 5.17. The molecular weight excluding hydrogens is 408 g/mol. The summed E-state index contributed by atoms with van der Waals surface area (Å²) < 4.78 is 5.61. The highest BCUT2D eigenvalue weighted by atomic mass is 32.2. The highest BCUT2D eigenvalue weighted by Crippen LogP contribution is 2.22. The second-order valence-electron chi connectivity index (χ2n) is 6.70. The lowest BCUT2D eigenvalue weighted by molar-refractivity contribution is -0.118. The summed E-state index contributed by atoms with van der Waals surface area (Å²) in [4.78, 5) is 33.8. The molecule has 7 nitrogen and oxygen atoms in total. The SMILES string of the molecule is O=C(CSc1nc2ccccc2o1)NCCN1CCN(C(=O)c2cccs2)CC1. The number of thioether (sulfide) groups is 1. The van der Waals surface area contributed by atoms with E-state index in [1.54, 1.807) is 0 Å². The first-order valence-corrected chi connectivity index (χ1v) is 11.4. The number of carbonyl (C=O) groups is 2. The summed E-state index contributed by atoms with van der Waals surface area (Å²) in [6.45, 7) is 4.46. The Morgan fingerprint density at radius 2 is 1.97 bits per heavy atom. The van der Waals surface area contributed by atoms with E-state index in [-0.39, 0.29) is 17.6 Å². The molecule has 29 heavy (non-hydrogen) atoms. The van der Waals surface area contributed by atoms with E-state index in [4.69, 9.17) is 4.42 Å². The van der Waals surface area contributed by atoms with Gasteiger partial charge in [0.1, 0.15) is 5.52 Å². The molecule has 9 heteroatoms. The maximum Gasteiger partial charge on any atom is 0.264 e. The molecule has 0 bridgehead atoms. The number of amides is 2. The number of nitrogens with one attached hydrogen (secondary N) is 1. The minimum absolute atomic E-state index is 0.0382. The quantitative estimate of drug-likeness (QED) is 0.581. The molecule has 0 atom stereocenters. The maximum atomic E-state index is 12.4. The number of hydrogen-bond donors (Lipinski definition) is 1. The Hall–Kier alpha value is -2.36. The number of rotatable bonds is 7. The van der Waals surface area contributed by atoms with Gasteiger partial charge < -0.3 is 14.6 Å². The van der Waals surface area contributed by atoms with E-state index in [0.29, 0.717) is 11.8 Å². The summed E-state index contributed by atoms with van der Waals surface area (Å²) in [5, 5.41) is 5.37. The number of thiophene rings is 1. The van der Waals surface area contributed by atoms with Gasteiger partial charge in [-0.3, -0.25) is 14.5 Å². The van der Waals surface area contributed by atoms with Gasteiger partial charge in [-0.25, -0.2) is 4.98 Å². The molecule has 0 saturated carbocycles. The molecular formula is C20H22N4O3S2. The lowest BCUT2D eigenvalue weighted by Gasteiger charge is -2.34. The van der Waals surface area contributed by atoms with Gasteiger partial charge >= 0.3 is 0 Å². The van der Waals surface area contributed by atoms with Crippen LogP contribution in [0.5, 0.6) is 0 Å². The van der Waals surface area contributed by atoms with Crippen LogP contribution >= 0.6 is 23.1 Å². The zero-order valence-electron chi connectivity index (χ0n) is 15.9. The van der Waals surface area contributed by atoms with Crippen LogP contribution in [0.4, 0.5) is 0 Å². The van der Waals surface area contributed by atoms with Crippen LogP contribution in [0.2, 0.25) is 0 Å². The number of hydrogen-bond acceptors (Lipinski definition) is 7. The molecule has 0 aliphatic carbocycles. The number of fused-ring (bicyclic) bond motifs is 1. The van der Waals surface area contributed by atoms with Crippen molar-refractivity contribution in [2.45, 2.75) is 5.22 Å². The number of nitrogens with zero attached hydrogens (tertiary/aromatic N) is 3. The molecule has 0 unspecified atom stereocenters. The van der Waals surface area contributed by atoms with E-state index in [2.05, 4.69) is 15.2 Å². The van der Waals surface area contributed by atoms with Crippen molar-refractivity contribution >= 4 is 46.0 Å². The van der Waals surface area contributed by atoms with Crippen LogP contribution < -0.4 is 5.32 Å². The Balaban J connectivity index is 1.13. The summed E-state index contributed by atoms with van der Waals surface area (Å²) in [5.41, 5.74) is 1.53. The zero-order valence-corrected chi connectivity index (χ0v) is 17.5. The number of para-hydroxylation sites is 2. The average molecular weight is 431 g/mol. The molecule has 1 saturated heterocycles. The van der Waals surface area contributed by atoms with Crippen molar-refractivity contribution in [3.63, 3.8) is 0 Å². The zero-order chi connectivity index (χ0) is 20.1. The Kier molecular flexibility index (Phi) is 6.48. The first-order valence-electron chi connectivity index (χ1n) is 9.49. The minimum Gasteiger partial charge on any atom is -0.431 e. The Morgan fingerprint density at radius 1 is 1.14 bits per heavy atom. The molecule has 1 aliphatic rings. The molecule has 3 heterocycles. The third-order valence-electron chi connectivity index (χ3n) is 4.74. The van der Waals surface area contributed by atoms with Gasteiger partial charge in [0.25, 0.3) is 11.1 Å². The summed E-state index contributed by atoms with van der Waals surface area (Å²) in [7, 11) is 0. The summed E-state index contributed by atoms with van der Waals surface area (Å²) in [6, 6.07) is 11.3. The van der Waals surface area contributed by atoms with E-state index in [1.165, 1.54) is 23.1 Å². The highest BCUT2D eigenvalue weighted by Gasteiger charge is 2.22. The lowest BCUT2D eigenvalue weighted by Crippen LogP contribution is -2.50. The van der Waals surface area contributed by atoms with E-state index >= 15 is 0 Å². The van der Waals surface area contributed by atoms with Crippen molar-refractivity contribution < 1.29 is 14.0 Å². The van der Waals surface area contributed by atoms with Crippen molar-refractivity contribution in [2.75, 3.05) is 45.0 Å². The first-order chi connectivity index (χ1) is 14.2. The predicted octanol–water partition coefficient (Wildman–Crippen LogP) is 2.56. The van der Waals surface area contributed by atoms with Crippen LogP contribution in [0.3, 0.4) is 0 Å². The fourth-order valence-corrected chi connectivity index (χ4v) is 4.53. The molecule has 1 aliphatic heterocycles. The molecule has 0 spiro atoms. The Bertz CT molecular complexity index is 932. The average Bonchev–Trinajstić information content (AvgIpc) is 3.42. The van der Waals surface area contributed by atoms with E-state index < -0.39 is 0 Å². The van der Waals surface area contributed by atoms with Crippen LogP contribution in [0.1, 0.15) is 9.67 Å². The second kappa shape index (κ2) is 9.43. The second-order valence-corrected chi connectivity index (χ2v) is 8.57. The van der Waals surface area contributed by atoms with Gasteiger partial charge in [0, 0.05) is 39.3 Å². The van der Waals surface area contributed by atoms with Crippen LogP contribution in [-0.4, -0.2) is 71.6 Å². The highest BCUT2D eigenvalue weighted by molar-refractivity contribution is 7.99. The van der Waals surface area contributed by atoms with Gasteiger partial charge in [-0.1, -0.05) is 30.0 Å². The molecule has 1 fully saturated rings. The van der Waals surface area contributed by atoms with E-state index in [0.717, 1.165) is 48.7 Å². The fraction of sp³-hybridized carbons (Fsp3) is 0.350. The van der Waals surface area contributed by atoms with Crippen molar-refractivity contribution in [1.82, 2.24) is 20.1 Å². The molecule has 4 rings (SSSR count). The van der Waals surface area contributed by atoms with Crippen LogP contribution in [0.15, 0.2) is 51.4 Å². The molecule has 152 valence electrons. The van der Waals surface area contributed by atoms with E-state index in [1.807, 2.05) is 46.7 Å². The summed E-state index contributed by atoms with van der Waals surface area (Å²) in [6.07, 6.45) is 0. The maximum absolute atomic E-state index is 12.4. The van der Waals surface area contributed by atoms with Gasteiger partial charge in [-0.2, -0.15) is 0 Å². The predicted molar refractivity (Wildman–Crippen MR) is 114 cm³/mol. The molecule has 1 aromatic carbocycles. The van der Waals surface area contributed by atoms with Crippen LogP contribution in [-0.2, 0) is 4.79 Å². The van der Waals surface area contributed by atoms with E-state index in [9.17, 15) is 9.59 Å². The number of piperazine rings is 1. The van der Waals surface area contributed by atoms with Gasteiger partial charge in [0.15, 0.2) is 5.58 Å². The largest absolute Gasteiger partial charge is 0.431 e. The Labute approximate surface area is 177 Å². The van der Waals surface area contributed by atoms with Gasteiger partial charge in [0.05, 0.1) is 10.6 Å². The summed E-state index contributed by atoms with van der Waals surface area (Å²) >= 11 is 2.78. The van der Waals surface area contributed by atoms with Gasteiger partial charge in [-0.05, 0) is 23.6 Å². The topological polar surface area (TPSA) is 78.7 Å². The molecule has 3 aromatic rings. The number of benzene rings is 1. The number of carbonyl (C=O) groups excluding carboxylic acids is 2. The fourth-order valence-electron chi connectivity index (χ4n) is 3.18. The molecule has 2 amide bonds.